The molecule has 1 aromatic carbocycles. The molecule has 2 saturated heterocycles. The number of halogens is 3. The molecule has 1 amide bonds. The van der Waals surface area contributed by atoms with E-state index in [-0.39, 0.29) is 22.8 Å². The topological polar surface area (TPSA) is 66.9 Å². The molecule has 34 heavy (non-hydrogen) atoms. The average Bonchev–Trinajstić information content (AvgIpc) is 3.05. The molecule has 2 aliphatic heterocycles. The zero-order valence-electron chi connectivity index (χ0n) is 18.2. The van der Waals surface area contributed by atoms with Gasteiger partial charge in [0.15, 0.2) is 5.11 Å². The van der Waals surface area contributed by atoms with Gasteiger partial charge >= 0.3 is 6.18 Å². The fraction of sp³-hybridized carbons (Fsp3) is 0.435. The first kappa shape index (κ1) is 23.0. The van der Waals surface area contributed by atoms with Crippen LogP contribution < -0.4 is 19.9 Å². The summed E-state index contributed by atoms with van der Waals surface area (Å²) in [6.07, 6.45) is -0.666. The Kier molecular flexibility index (Phi) is 5.95. The van der Waals surface area contributed by atoms with Gasteiger partial charge in [-0.05, 0) is 61.8 Å². The Morgan fingerprint density at radius 3 is 2.59 bits per heavy atom. The molecular formula is C23H23F3N4O3S. The molecule has 1 aliphatic carbocycles. The van der Waals surface area contributed by atoms with Crippen molar-refractivity contribution in [2.75, 3.05) is 36.1 Å². The van der Waals surface area contributed by atoms with Gasteiger partial charge in [-0.25, -0.2) is 0 Å². The number of nitrogens with zero attached hydrogens (tertiary/aromatic N) is 3. The summed E-state index contributed by atoms with van der Waals surface area (Å²) in [4.78, 5) is 20.1. The van der Waals surface area contributed by atoms with Crippen molar-refractivity contribution >= 4 is 34.6 Å². The third-order valence-corrected chi connectivity index (χ3v) is 6.80. The number of pyridine rings is 1. The Bertz CT molecular complexity index is 1090. The highest BCUT2D eigenvalue weighted by Gasteiger charge is 2.59. The van der Waals surface area contributed by atoms with Crippen LogP contribution >= 0.6 is 12.2 Å². The molecule has 1 aromatic heterocycles. The van der Waals surface area contributed by atoms with Crippen LogP contribution in [0.3, 0.4) is 0 Å². The maximum atomic E-state index is 13.5. The molecule has 1 spiro atoms. The van der Waals surface area contributed by atoms with Gasteiger partial charge in [0.1, 0.15) is 24.0 Å². The molecule has 1 unspecified atom stereocenters. The first-order valence-corrected chi connectivity index (χ1v) is 11.5. The van der Waals surface area contributed by atoms with E-state index in [1.54, 1.807) is 17.0 Å². The van der Waals surface area contributed by atoms with Crippen LogP contribution in [0.1, 0.15) is 24.8 Å². The van der Waals surface area contributed by atoms with Gasteiger partial charge in [-0.3, -0.25) is 14.7 Å². The zero-order valence-corrected chi connectivity index (χ0v) is 19.0. The number of hydrogen-bond donors (Lipinski definition) is 1. The Morgan fingerprint density at radius 2 is 1.97 bits per heavy atom. The lowest BCUT2D eigenvalue weighted by molar-refractivity contribution is -0.137. The van der Waals surface area contributed by atoms with Crippen molar-refractivity contribution in [3.05, 3.63) is 48.3 Å². The normalized spacial score (nSPS) is 22.3. The van der Waals surface area contributed by atoms with Gasteiger partial charge in [-0.15, -0.1) is 0 Å². The van der Waals surface area contributed by atoms with Crippen molar-refractivity contribution < 1.29 is 27.4 Å². The molecule has 1 atom stereocenters. The van der Waals surface area contributed by atoms with Crippen molar-refractivity contribution in [3.63, 3.8) is 0 Å². The van der Waals surface area contributed by atoms with Gasteiger partial charge < -0.3 is 19.7 Å². The van der Waals surface area contributed by atoms with Gasteiger partial charge in [0.2, 0.25) is 0 Å². The molecule has 11 heteroatoms. The van der Waals surface area contributed by atoms with Crippen LogP contribution in [0.25, 0.3) is 0 Å². The summed E-state index contributed by atoms with van der Waals surface area (Å²) < 4.78 is 51.2. The maximum absolute atomic E-state index is 13.5. The van der Waals surface area contributed by atoms with Crippen molar-refractivity contribution in [2.24, 2.45) is 0 Å². The van der Waals surface area contributed by atoms with E-state index in [9.17, 15) is 18.0 Å². The van der Waals surface area contributed by atoms with Gasteiger partial charge in [0.25, 0.3) is 5.91 Å². The minimum absolute atomic E-state index is 0.0136. The highest BCUT2D eigenvalue weighted by Crippen LogP contribution is 2.48. The summed E-state index contributed by atoms with van der Waals surface area (Å²) in [5.41, 5.74) is -1.13. The van der Waals surface area contributed by atoms with E-state index in [1.165, 1.54) is 11.1 Å². The SMILES string of the molecule is O=C1N(c2cncc(C(F)(F)F)c2)C(=S)N(c2ccc(OCC3CNCCO3)cc2)C12CCC2. The second-order valence-corrected chi connectivity index (χ2v) is 8.94. The third kappa shape index (κ3) is 4.01. The smallest absolute Gasteiger partial charge is 0.417 e. The molecule has 2 aromatic rings. The largest absolute Gasteiger partial charge is 0.491 e. The molecule has 0 radical (unpaired) electrons. The number of benzene rings is 1. The van der Waals surface area contributed by atoms with Gasteiger partial charge in [-0.1, -0.05) is 0 Å². The molecule has 1 saturated carbocycles. The van der Waals surface area contributed by atoms with Crippen LogP contribution in [-0.4, -0.2) is 53.9 Å². The van der Waals surface area contributed by atoms with E-state index in [2.05, 4.69) is 10.3 Å². The number of morpholine rings is 1. The Morgan fingerprint density at radius 1 is 1.21 bits per heavy atom. The van der Waals surface area contributed by atoms with E-state index >= 15 is 0 Å². The lowest BCUT2D eigenvalue weighted by Crippen LogP contribution is -2.55. The van der Waals surface area contributed by atoms with E-state index in [0.717, 1.165) is 31.8 Å². The number of amides is 1. The minimum Gasteiger partial charge on any atom is -0.491 e. The first-order chi connectivity index (χ1) is 16.3. The summed E-state index contributed by atoms with van der Waals surface area (Å²) in [6, 6.07) is 8.11. The van der Waals surface area contributed by atoms with Gasteiger partial charge in [-0.2, -0.15) is 13.2 Å². The summed E-state index contributed by atoms with van der Waals surface area (Å²) in [5, 5.41) is 3.39. The molecule has 3 aliphatic rings. The number of ether oxygens (including phenoxy) is 2. The van der Waals surface area contributed by atoms with E-state index in [4.69, 9.17) is 21.7 Å². The van der Waals surface area contributed by atoms with Gasteiger partial charge in [0.05, 0.1) is 24.1 Å². The molecule has 5 rings (SSSR count). The highest BCUT2D eigenvalue weighted by molar-refractivity contribution is 7.81. The van der Waals surface area contributed by atoms with Crippen molar-refractivity contribution in [1.29, 1.82) is 0 Å². The number of nitrogens with one attached hydrogen (secondary N) is 1. The number of carbonyl (C=O) groups is 1. The van der Waals surface area contributed by atoms with Crippen molar-refractivity contribution in [1.82, 2.24) is 10.3 Å². The summed E-state index contributed by atoms with van der Waals surface area (Å²) in [7, 11) is 0. The van der Waals surface area contributed by atoms with Crippen molar-refractivity contribution in [2.45, 2.75) is 37.1 Å². The van der Waals surface area contributed by atoms with Crippen LogP contribution in [0.15, 0.2) is 42.7 Å². The maximum Gasteiger partial charge on any atom is 0.417 e. The quantitative estimate of drug-likeness (QED) is 0.641. The van der Waals surface area contributed by atoms with Crippen LogP contribution in [0.2, 0.25) is 0 Å². The second kappa shape index (κ2) is 8.79. The molecule has 180 valence electrons. The fourth-order valence-electron chi connectivity index (χ4n) is 4.52. The monoisotopic (exact) mass is 492 g/mol. The Balaban J connectivity index is 1.38. The lowest BCUT2D eigenvalue weighted by atomic mass is 9.75. The number of carbonyl (C=O) groups excluding carboxylic acids is 1. The number of hydrogen-bond acceptors (Lipinski definition) is 6. The van der Waals surface area contributed by atoms with Crippen LogP contribution in [0, 0.1) is 0 Å². The fourth-order valence-corrected chi connectivity index (χ4v) is 4.99. The number of aromatic nitrogens is 1. The number of anilines is 2. The van der Waals surface area contributed by atoms with Crippen LogP contribution in [0.4, 0.5) is 24.5 Å². The standard InChI is InChI=1S/C23H23F3N4O3S/c24-23(25,26)15-10-17(12-28-11-15)29-20(31)22(6-1-7-22)30(21(29)34)16-2-4-18(5-3-16)33-14-19-13-27-8-9-32-19/h2-5,10-12,19,27H,1,6-9,13-14H2. The Hall–Kier alpha value is -2.76. The predicted octanol–water partition coefficient (Wildman–Crippen LogP) is 3.53. The number of thiocarbonyl (C=S) groups is 1. The average molecular weight is 493 g/mol. The number of rotatable bonds is 5. The van der Waals surface area contributed by atoms with Crippen LogP contribution in [0.5, 0.6) is 5.75 Å². The lowest BCUT2D eigenvalue weighted by Gasteiger charge is -2.43. The van der Waals surface area contributed by atoms with E-state index < -0.39 is 17.3 Å². The minimum atomic E-state index is -4.57. The second-order valence-electron chi connectivity index (χ2n) is 8.58. The van der Waals surface area contributed by atoms with Gasteiger partial charge in [0, 0.05) is 25.0 Å². The first-order valence-electron chi connectivity index (χ1n) is 11.1. The molecule has 3 fully saturated rings. The third-order valence-electron chi connectivity index (χ3n) is 6.44. The molecular weight excluding hydrogens is 469 g/mol. The summed E-state index contributed by atoms with van der Waals surface area (Å²) >= 11 is 5.63. The molecule has 3 heterocycles. The van der Waals surface area contributed by atoms with E-state index in [1.807, 2.05) is 12.1 Å². The van der Waals surface area contributed by atoms with Crippen molar-refractivity contribution in [3.8, 4) is 5.75 Å². The van der Waals surface area contributed by atoms with Crippen LogP contribution in [-0.2, 0) is 15.7 Å². The predicted molar refractivity (Wildman–Crippen MR) is 123 cm³/mol. The molecule has 0 bridgehead atoms. The summed E-state index contributed by atoms with van der Waals surface area (Å²) in [5.74, 6) is 0.322. The van der Waals surface area contributed by atoms with E-state index in [0.29, 0.717) is 37.5 Å². The highest BCUT2D eigenvalue weighted by atomic mass is 32.1. The number of alkyl halides is 3. The summed E-state index contributed by atoms with van der Waals surface area (Å²) in [6.45, 7) is 2.61. The Labute approximate surface area is 199 Å². The molecule has 7 nitrogen and oxygen atoms in total. The zero-order chi connectivity index (χ0) is 23.9. The molecule has 1 N–H and O–H groups in total.